The van der Waals surface area contributed by atoms with Gasteiger partial charge in [-0.15, -0.1) is 0 Å². The van der Waals surface area contributed by atoms with Crippen LogP contribution in [0.1, 0.15) is 19.4 Å². The van der Waals surface area contributed by atoms with E-state index in [0.717, 1.165) is 11.3 Å². The van der Waals surface area contributed by atoms with Crippen LogP contribution < -0.4 is 26.4 Å². The van der Waals surface area contributed by atoms with Crippen molar-refractivity contribution in [2.45, 2.75) is 25.9 Å². The minimum atomic E-state index is -0.585. The average Bonchev–Trinajstić information content (AvgIpc) is 2.79. The number of ether oxygens (including phenoxy) is 3. The molecule has 11 nitrogen and oxygen atoms in total. The largest absolute Gasteiger partial charge is 0.497 e. The summed E-state index contributed by atoms with van der Waals surface area (Å²) in [6.07, 6.45) is 0. The molecule has 0 aliphatic carbocycles. The van der Waals surface area contributed by atoms with E-state index in [-0.39, 0.29) is 6.61 Å². The smallest absolute Gasteiger partial charge is 0.229 e. The molecule has 1 heterocycles. The van der Waals surface area contributed by atoms with Crippen LogP contribution in [-0.2, 0) is 16.0 Å². The normalized spacial score (nSPS) is 11.3. The van der Waals surface area contributed by atoms with Gasteiger partial charge in [0.25, 0.3) is 0 Å². The fourth-order valence-corrected chi connectivity index (χ4v) is 2.50. The number of nitrogens with zero attached hydrogens (tertiary/aromatic N) is 3. The van der Waals surface area contributed by atoms with Crippen molar-refractivity contribution < 1.29 is 19.3 Å². The highest BCUT2D eigenvalue weighted by Gasteiger charge is 2.18. The molecule has 2 rings (SSSR count). The van der Waals surface area contributed by atoms with Gasteiger partial charge in [0.05, 0.1) is 45.7 Å². The summed E-state index contributed by atoms with van der Waals surface area (Å²) in [5.74, 6) is 1.96. The lowest BCUT2D eigenvalue weighted by atomic mass is 10.1. The van der Waals surface area contributed by atoms with E-state index in [2.05, 4.69) is 30.9 Å². The first-order chi connectivity index (χ1) is 15.5. The summed E-state index contributed by atoms with van der Waals surface area (Å²) in [6, 6.07) is 7.73. The van der Waals surface area contributed by atoms with Crippen LogP contribution in [-0.4, -0.2) is 78.8 Å². The van der Waals surface area contributed by atoms with E-state index in [1.54, 1.807) is 7.11 Å². The quantitative estimate of drug-likeness (QED) is 0.234. The van der Waals surface area contributed by atoms with Gasteiger partial charge in [0, 0.05) is 19.6 Å². The van der Waals surface area contributed by atoms with Crippen LogP contribution in [0.15, 0.2) is 24.3 Å². The van der Waals surface area contributed by atoms with Crippen LogP contribution in [0.3, 0.4) is 0 Å². The molecule has 0 saturated heterocycles. The Kier molecular flexibility index (Phi) is 10.9. The van der Waals surface area contributed by atoms with Crippen molar-refractivity contribution in [3.05, 3.63) is 29.8 Å². The van der Waals surface area contributed by atoms with E-state index in [9.17, 15) is 5.11 Å². The number of rotatable bonds is 16. The molecular formula is C21H35N7O4. The Morgan fingerprint density at radius 1 is 0.906 bits per heavy atom. The van der Waals surface area contributed by atoms with Crippen LogP contribution in [0, 0.1) is 0 Å². The number of benzene rings is 1. The van der Waals surface area contributed by atoms with Gasteiger partial charge in [-0.2, -0.15) is 15.0 Å². The maximum atomic E-state index is 9.56. The fourth-order valence-electron chi connectivity index (χ4n) is 2.50. The maximum Gasteiger partial charge on any atom is 0.229 e. The van der Waals surface area contributed by atoms with E-state index in [4.69, 9.17) is 19.9 Å². The Labute approximate surface area is 189 Å². The SMILES string of the molecule is COc1ccc(CNc2nc(NCCOCCOCCN)nc(NC(C)(C)CO)n2)cc1. The summed E-state index contributed by atoms with van der Waals surface area (Å²) in [4.78, 5) is 13.3. The predicted octanol–water partition coefficient (Wildman–Crippen LogP) is 1.08. The van der Waals surface area contributed by atoms with E-state index in [1.807, 2.05) is 38.1 Å². The summed E-state index contributed by atoms with van der Waals surface area (Å²) < 4.78 is 16.0. The molecule has 0 fully saturated rings. The van der Waals surface area contributed by atoms with E-state index in [0.29, 0.717) is 63.9 Å². The molecule has 0 bridgehead atoms. The van der Waals surface area contributed by atoms with Crippen LogP contribution in [0.5, 0.6) is 5.75 Å². The number of hydrogen-bond donors (Lipinski definition) is 5. The van der Waals surface area contributed by atoms with Gasteiger partial charge in [-0.25, -0.2) is 0 Å². The van der Waals surface area contributed by atoms with Gasteiger partial charge in [0.15, 0.2) is 0 Å². The first-order valence-electron chi connectivity index (χ1n) is 10.6. The molecule has 0 radical (unpaired) electrons. The molecule has 0 unspecified atom stereocenters. The number of aliphatic hydroxyl groups excluding tert-OH is 1. The zero-order chi connectivity index (χ0) is 23.2. The highest BCUT2D eigenvalue weighted by atomic mass is 16.5. The molecule has 0 amide bonds. The second-order valence-corrected chi connectivity index (χ2v) is 7.62. The second kappa shape index (κ2) is 13.6. The van der Waals surface area contributed by atoms with Crippen molar-refractivity contribution in [3.63, 3.8) is 0 Å². The molecule has 1 aromatic carbocycles. The number of nitrogens with one attached hydrogen (secondary N) is 3. The molecule has 0 atom stereocenters. The molecule has 1 aromatic heterocycles. The molecule has 0 aliphatic heterocycles. The summed E-state index contributed by atoms with van der Waals surface area (Å²) in [7, 11) is 1.63. The first kappa shape index (κ1) is 25.5. The molecule has 11 heteroatoms. The highest BCUT2D eigenvalue weighted by Crippen LogP contribution is 2.16. The van der Waals surface area contributed by atoms with Gasteiger partial charge in [0.2, 0.25) is 17.8 Å². The summed E-state index contributed by atoms with van der Waals surface area (Å²) in [5, 5.41) is 19.0. The van der Waals surface area contributed by atoms with Crippen molar-refractivity contribution in [2.75, 3.05) is 69.2 Å². The third-order valence-electron chi connectivity index (χ3n) is 4.25. The predicted molar refractivity (Wildman–Crippen MR) is 124 cm³/mol. The molecule has 32 heavy (non-hydrogen) atoms. The van der Waals surface area contributed by atoms with Crippen LogP contribution in [0.4, 0.5) is 17.8 Å². The molecule has 0 saturated carbocycles. The Hall–Kier alpha value is -2.73. The summed E-state index contributed by atoms with van der Waals surface area (Å²) in [6.45, 7) is 7.18. The van der Waals surface area contributed by atoms with E-state index >= 15 is 0 Å². The van der Waals surface area contributed by atoms with Crippen molar-refractivity contribution >= 4 is 17.8 Å². The third kappa shape index (κ3) is 9.60. The second-order valence-electron chi connectivity index (χ2n) is 7.62. The average molecular weight is 450 g/mol. The molecular weight excluding hydrogens is 414 g/mol. The summed E-state index contributed by atoms with van der Waals surface area (Å²) >= 11 is 0. The van der Waals surface area contributed by atoms with Crippen molar-refractivity contribution in [1.82, 2.24) is 15.0 Å². The standard InChI is InChI=1S/C21H35N7O4/c1-21(2,15-29)28-20-26-18(23-9-11-32-13-12-31-10-8-22)25-19(27-20)24-14-16-4-6-17(30-3)7-5-16/h4-7,29H,8-15,22H2,1-3H3,(H3,23,24,25,26,27,28). The Morgan fingerprint density at radius 2 is 1.53 bits per heavy atom. The van der Waals surface area contributed by atoms with Crippen LogP contribution in [0.25, 0.3) is 0 Å². The van der Waals surface area contributed by atoms with Gasteiger partial charge < -0.3 is 41.0 Å². The Bertz CT molecular complexity index is 790. The highest BCUT2D eigenvalue weighted by molar-refractivity contribution is 5.44. The van der Waals surface area contributed by atoms with Crippen molar-refractivity contribution in [1.29, 1.82) is 0 Å². The zero-order valence-electron chi connectivity index (χ0n) is 19.1. The molecule has 0 aliphatic rings. The van der Waals surface area contributed by atoms with Gasteiger partial charge >= 0.3 is 0 Å². The Morgan fingerprint density at radius 3 is 2.16 bits per heavy atom. The topological polar surface area (TPSA) is 149 Å². The third-order valence-corrected chi connectivity index (χ3v) is 4.25. The number of aromatic nitrogens is 3. The Balaban J connectivity index is 1.96. The lowest BCUT2D eigenvalue weighted by Crippen LogP contribution is -2.36. The molecule has 6 N–H and O–H groups in total. The summed E-state index contributed by atoms with van der Waals surface area (Å²) in [5.41, 5.74) is 5.84. The lowest BCUT2D eigenvalue weighted by molar-refractivity contribution is 0.0547. The van der Waals surface area contributed by atoms with Crippen molar-refractivity contribution in [3.8, 4) is 5.75 Å². The number of aliphatic hydroxyl groups is 1. The number of hydrogen-bond acceptors (Lipinski definition) is 11. The molecule has 0 spiro atoms. The number of nitrogens with two attached hydrogens (primary N) is 1. The van der Waals surface area contributed by atoms with Crippen LogP contribution >= 0.6 is 0 Å². The van der Waals surface area contributed by atoms with E-state index in [1.165, 1.54) is 0 Å². The minimum Gasteiger partial charge on any atom is -0.497 e. The minimum absolute atomic E-state index is 0.0733. The number of methoxy groups -OCH3 is 1. The fraction of sp³-hybridized carbons (Fsp3) is 0.571. The lowest BCUT2D eigenvalue weighted by Gasteiger charge is -2.23. The molecule has 178 valence electrons. The number of anilines is 3. The van der Waals surface area contributed by atoms with Gasteiger partial charge in [-0.3, -0.25) is 0 Å². The molecule has 2 aromatic rings. The van der Waals surface area contributed by atoms with Gasteiger partial charge in [-0.1, -0.05) is 12.1 Å². The van der Waals surface area contributed by atoms with Gasteiger partial charge in [-0.05, 0) is 31.5 Å². The maximum absolute atomic E-state index is 9.56. The monoisotopic (exact) mass is 449 g/mol. The van der Waals surface area contributed by atoms with Crippen LogP contribution in [0.2, 0.25) is 0 Å². The van der Waals surface area contributed by atoms with Gasteiger partial charge in [0.1, 0.15) is 5.75 Å². The van der Waals surface area contributed by atoms with Crippen molar-refractivity contribution in [2.24, 2.45) is 5.73 Å². The zero-order valence-corrected chi connectivity index (χ0v) is 19.1. The first-order valence-corrected chi connectivity index (χ1v) is 10.6. The van der Waals surface area contributed by atoms with E-state index < -0.39 is 5.54 Å².